The molecule has 1 aliphatic heterocycles. The first-order valence-electron chi connectivity index (χ1n) is 7.56. The number of nitrogens with one attached hydrogen (secondary N) is 1. The molecular formula is C15H23ClN4O3. The van der Waals surface area contributed by atoms with Crippen LogP contribution in [0.1, 0.15) is 19.3 Å². The molecule has 0 radical (unpaired) electrons. The Balaban J connectivity index is 0.00000264. The lowest BCUT2D eigenvalue weighted by Crippen LogP contribution is -2.29. The van der Waals surface area contributed by atoms with E-state index in [2.05, 4.69) is 5.32 Å². The normalized spacial score (nSPS) is 16.7. The van der Waals surface area contributed by atoms with Crippen LogP contribution < -0.4 is 11.1 Å². The van der Waals surface area contributed by atoms with Gasteiger partial charge in [0.25, 0.3) is 5.69 Å². The summed E-state index contributed by atoms with van der Waals surface area (Å²) >= 11 is 0. The molecule has 23 heavy (non-hydrogen) atoms. The van der Waals surface area contributed by atoms with Crippen molar-refractivity contribution < 1.29 is 9.72 Å². The summed E-state index contributed by atoms with van der Waals surface area (Å²) in [6.07, 6.45) is 2.25. The van der Waals surface area contributed by atoms with Gasteiger partial charge in [-0.2, -0.15) is 0 Å². The van der Waals surface area contributed by atoms with Crippen molar-refractivity contribution >= 4 is 29.7 Å². The van der Waals surface area contributed by atoms with Crippen molar-refractivity contribution in [3.8, 4) is 0 Å². The Bertz CT molecular complexity index is 524. The van der Waals surface area contributed by atoms with E-state index in [4.69, 9.17) is 5.73 Å². The number of likely N-dealkylation sites (tertiary alicyclic amines) is 1. The Morgan fingerprint density at radius 1 is 1.39 bits per heavy atom. The first-order valence-corrected chi connectivity index (χ1v) is 7.56. The average Bonchev–Trinajstić information content (AvgIpc) is 3.01. The second-order valence-electron chi connectivity index (χ2n) is 5.56. The van der Waals surface area contributed by atoms with Crippen LogP contribution in [0.5, 0.6) is 0 Å². The van der Waals surface area contributed by atoms with Gasteiger partial charge in [-0.1, -0.05) is 0 Å². The minimum atomic E-state index is -0.424. The highest BCUT2D eigenvalue weighted by molar-refractivity contribution is 5.85. The summed E-state index contributed by atoms with van der Waals surface area (Å²) in [5.74, 6) is 0.628. The summed E-state index contributed by atoms with van der Waals surface area (Å²) < 4.78 is 0. The largest absolute Gasteiger partial charge is 0.385 e. The summed E-state index contributed by atoms with van der Waals surface area (Å²) in [4.78, 5) is 24.0. The lowest BCUT2D eigenvalue weighted by atomic mass is 10.1. The van der Waals surface area contributed by atoms with Crippen LogP contribution in [-0.4, -0.2) is 41.9 Å². The van der Waals surface area contributed by atoms with Crippen molar-refractivity contribution in [2.45, 2.75) is 19.3 Å². The summed E-state index contributed by atoms with van der Waals surface area (Å²) in [5, 5.41) is 13.7. The van der Waals surface area contributed by atoms with Crippen LogP contribution in [0.2, 0.25) is 0 Å². The number of amides is 1. The first-order chi connectivity index (χ1) is 10.6. The highest BCUT2D eigenvalue weighted by Gasteiger charge is 2.24. The lowest BCUT2D eigenvalue weighted by molar-refractivity contribution is -0.384. The molecule has 1 atom stereocenters. The fraction of sp³-hybridized carbons (Fsp3) is 0.533. The maximum Gasteiger partial charge on any atom is 0.269 e. The van der Waals surface area contributed by atoms with Crippen molar-refractivity contribution in [3.05, 3.63) is 34.4 Å². The molecule has 8 heteroatoms. The number of carbonyl (C=O) groups is 1. The maximum atomic E-state index is 12.0. The van der Waals surface area contributed by atoms with Crippen molar-refractivity contribution in [1.29, 1.82) is 0 Å². The number of hydrogen-bond donors (Lipinski definition) is 2. The summed E-state index contributed by atoms with van der Waals surface area (Å²) in [6.45, 7) is 2.91. The van der Waals surface area contributed by atoms with Crippen LogP contribution in [0.25, 0.3) is 0 Å². The van der Waals surface area contributed by atoms with Gasteiger partial charge >= 0.3 is 0 Å². The van der Waals surface area contributed by atoms with Gasteiger partial charge in [0.05, 0.1) is 4.92 Å². The molecule has 0 aliphatic carbocycles. The summed E-state index contributed by atoms with van der Waals surface area (Å²) in [6, 6.07) is 6.27. The number of benzene rings is 1. The van der Waals surface area contributed by atoms with Gasteiger partial charge in [-0.05, 0) is 37.4 Å². The molecule has 0 spiro atoms. The minimum Gasteiger partial charge on any atom is -0.385 e. The van der Waals surface area contributed by atoms with E-state index < -0.39 is 4.92 Å². The zero-order valence-electron chi connectivity index (χ0n) is 12.9. The van der Waals surface area contributed by atoms with E-state index in [9.17, 15) is 14.9 Å². The van der Waals surface area contributed by atoms with E-state index in [0.717, 1.165) is 31.6 Å². The second kappa shape index (κ2) is 9.32. The molecule has 1 aromatic rings. The van der Waals surface area contributed by atoms with Gasteiger partial charge in [0, 0.05) is 43.9 Å². The molecule has 128 valence electrons. The Morgan fingerprint density at radius 2 is 2.09 bits per heavy atom. The Morgan fingerprint density at radius 3 is 2.65 bits per heavy atom. The molecule has 1 aliphatic rings. The third-order valence-electron chi connectivity index (χ3n) is 3.95. The van der Waals surface area contributed by atoms with E-state index in [-0.39, 0.29) is 24.0 Å². The van der Waals surface area contributed by atoms with E-state index in [0.29, 0.717) is 25.4 Å². The predicted octanol–water partition coefficient (Wildman–Crippen LogP) is 2.02. The van der Waals surface area contributed by atoms with Gasteiger partial charge in [0.1, 0.15) is 0 Å². The minimum absolute atomic E-state index is 0. The quantitative estimate of drug-likeness (QED) is 0.448. The molecule has 1 unspecified atom stereocenters. The van der Waals surface area contributed by atoms with Gasteiger partial charge in [0.2, 0.25) is 5.91 Å². The number of non-ortho nitro benzene ring substituents is 1. The van der Waals surface area contributed by atoms with E-state index in [1.165, 1.54) is 12.1 Å². The van der Waals surface area contributed by atoms with E-state index in [1.807, 2.05) is 4.90 Å². The molecule has 0 aromatic heterocycles. The monoisotopic (exact) mass is 342 g/mol. The topological polar surface area (TPSA) is 102 Å². The van der Waals surface area contributed by atoms with Gasteiger partial charge in [0.15, 0.2) is 0 Å². The third kappa shape index (κ3) is 5.69. The van der Waals surface area contributed by atoms with E-state index >= 15 is 0 Å². The number of halogens is 1. The van der Waals surface area contributed by atoms with Gasteiger partial charge in [-0.15, -0.1) is 12.4 Å². The van der Waals surface area contributed by atoms with Gasteiger partial charge < -0.3 is 16.0 Å². The van der Waals surface area contributed by atoms with Crippen molar-refractivity contribution in [2.75, 3.05) is 31.5 Å². The van der Waals surface area contributed by atoms with Gasteiger partial charge in [-0.25, -0.2) is 0 Å². The summed E-state index contributed by atoms with van der Waals surface area (Å²) in [5.41, 5.74) is 6.52. The Kier molecular flexibility index (Phi) is 7.77. The number of carbonyl (C=O) groups excluding carboxylic acids is 1. The fourth-order valence-electron chi connectivity index (χ4n) is 2.58. The first kappa shape index (κ1) is 19.2. The number of rotatable bonds is 7. The summed E-state index contributed by atoms with van der Waals surface area (Å²) in [7, 11) is 0. The number of nitro benzene ring substituents is 1. The second-order valence-corrected chi connectivity index (χ2v) is 5.56. The Labute approximate surface area is 141 Å². The molecule has 2 rings (SSSR count). The molecule has 1 aromatic carbocycles. The molecule has 1 heterocycles. The highest BCUT2D eigenvalue weighted by atomic mass is 35.5. The number of nitrogens with zero attached hydrogens (tertiary/aromatic N) is 2. The molecule has 0 bridgehead atoms. The number of nitrogens with two attached hydrogens (primary N) is 1. The molecule has 1 fully saturated rings. The zero-order chi connectivity index (χ0) is 15.9. The predicted molar refractivity (Wildman–Crippen MR) is 91.8 cm³/mol. The average molecular weight is 343 g/mol. The van der Waals surface area contributed by atoms with Crippen LogP contribution in [0, 0.1) is 16.0 Å². The fourth-order valence-corrected chi connectivity index (χ4v) is 2.58. The number of anilines is 1. The Hall–Kier alpha value is -1.86. The molecular weight excluding hydrogens is 320 g/mol. The molecule has 1 saturated heterocycles. The molecule has 3 N–H and O–H groups in total. The van der Waals surface area contributed by atoms with E-state index in [1.54, 1.807) is 12.1 Å². The van der Waals surface area contributed by atoms with Crippen LogP contribution in [-0.2, 0) is 4.79 Å². The standard InChI is InChI=1S/C15H22N4O3.ClH/c16-10-12-7-9-18(11-12)15(20)2-1-8-17-13-3-5-14(6-4-13)19(21)22;/h3-6,12,17H,1-2,7-11,16H2;1H. The van der Waals surface area contributed by atoms with Crippen LogP contribution in [0.15, 0.2) is 24.3 Å². The van der Waals surface area contributed by atoms with Crippen molar-refractivity contribution in [3.63, 3.8) is 0 Å². The van der Waals surface area contributed by atoms with Crippen LogP contribution in [0.3, 0.4) is 0 Å². The molecule has 1 amide bonds. The van der Waals surface area contributed by atoms with Crippen LogP contribution in [0.4, 0.5) is 11.4 Å². The highest BCUT2D eigenvalue weighted by Crippen LogP contribution is 2.17. The number of nitro groups is 1. The SMILES string of the molecule is Cl.NCC1CCN(C(=O)CCCNc2ccc([N+](=O)[O-])cc2)C1. The number of hydrogen-bond acceptors (Lipinski definition) is 5. The smallest absolute Gasteiger partial charge is 0.269 e. The maximum absolute atomic E-state index is 12.0. The lowest BCUT2D eigenvalue weighted by Gasteiger charge is -2.16. The zero-order valence-corrected chi connectivity index (χ0v) is 13.8. The molecule has 0 saturated carbocycles. The molecule has 7 nitrogen and oxygen atoms in total. The van der Waals surface area contributed by atoms with Crippen LogP contribution >= 0.6 is 12.4 Å². The third-order valence-corrected chi connectivity index (χ3v) is 3.95. The van der Waals surface area contributed by atoms with Crippen molar-refractivity contribution in [2.24, 2.45) is 11.7 Å². The van der Waals surface area contributed by atoms with Crippen molar-refractivity contribution in [1.82, 2.24) is 4.90 Å². The van der Waals surface area contributed by atoms with Gasteiger partial charge in [-0.3, -0.25) is 14.9 Å².